The summed E-state index contributed by atoms with van der Waals surface area (Å²) in [6, 6.07) is 0. The summed E-state index contributed by atoms with van der Waals surface area (Å²) >= 11 is 0. The summed E-state index contributed by atoms with van der Waals surface area (Å²) in [4.78, 5) is 9.94. The van der Waals surface area contributed by atoms with Crippen molar-refractivity contribution >= 4 is 6.41 Å². The zero-order valence-electron chi connectivity index (χ0n) is 7.01. The average Bonchev–Trinajstić information content (AvgIpc) is 2.07. The summed E-state index contributed by atoms with van der Waals surface area (Å²) < 4.78 is 0. The highest BCUT2D eigenvalue weighted by Crippen LogP contribution is 2.25. The van der Waals surface area contributed by atoms with E-state index in [4.69, 9.17) is 0 Å². The Labute approximate surface area is 68.4 Å². The molecule has 1 amide bonds. The second-order valence-electron chi connectivity index (χ2n) is 3.36. The van der Waals surface area contributed by atoms with E-state index in [0.29, 0.717) is 0 Å². The molecule has 11 heavy (non-hydrogen) atoms. The molecule has 0 radical (unpaired) electrons. The maximum atomic E-state index is 9.94. The van der Waals surface area contributed by atoms with Crippen molar-refractivity contribution in [3.8, 4) is 0 Å². The van der Waals surface area contributed by atoms with Gasteiger partial charge in [0.15, 0.2) is 0 Å². The molecule has 0 spiro atoms. The fraction of sp³-hybridized carbons (Fsp3) is 0.889. The van der Waals surface area contributed by atoms with Crippen LogP contribution >= 0.6 is 0 Å². The van der Waals surface area contributed by atoms with Gasteiger partial charge in [-0.3, -0.25) is 4.79 Å². The molecule has 1 fully saturated rings. The fourth-order valence-corrected chi connectivity index (χ4v) is 1.82. The molecule has 2 nitrogen and oxygen atoms in total. The Morgan fingerprint density at radius 1 is 1.27 bits per heavy atom. The molecule has 1 rings (SSSR count). The van der Waals surface area contributed by atoms with Crippen molar-refractivity contribution in [1.29, 1.82) is 0 Å². The molecule has 0 atom stereocenters. The average molecular weight is 155 g/mol. The van der Waals surface area contributed by atoms with E-state index in [-0.39, 0.29) is 0 Å². The largest absolute Gasteiger partial charge is 0.359 e. The van der Waals surface area contributed by atoms with Crippen LogP contribution in [0.4, 0.5) is 0 Å². The first kappa shape index (κ1) is 8.57. The third kappa shape index (κ3) is 3.40. The van der Waals surface area contributed by atoms with E-state index in [0.717, 1.165) is 18.9 Å². The maximum absolute atomic E-state index is 9.94. The number of carbonyl (C=O) groups is 1. The zero-order valence-corrected chi connectivity index (χ0v) is 7.01. The molecule has 0 aliphatic heterocycles. The van der Waals surface area contributed by atoms with Crippen molar-refractivity contribution in [2.45, 2.75) is 38.5 Å². The van der Waals surface area contributed by atoms with Crippen molar-refractivity contribution in [3.05, 3.63) is 0 Å². The predicted octanol–water partition coefficient (Wildman–Crippen LogP) is 1.70. The Bertz CT molecular complexity index is 108. The van der Waals surface area contributed by atoms with E-state index in [1.807, 2.05) is 0 Å². The lowest BCUT2D eigenvalue weighted by Crippen LogP contribution is -2.17. The van der Waals surface area contributed by atoms with E-state index in [1.54, 1.807) is 0 Å². The number of carbonyl (C=O) groups excluding carboxylic acids is 1. The lowest BCUT2D eigenvalue weighted by atomic mass is 9.87. The van der Waals surface area contributed by atoms with Crippen LogP contribution in [0.3, 0.4) is 0 Å². The van der Waals surface area contributed by atoms with Gasteiger partial charge >= 0.3 is 0 Å². The van der Waals surface area contributed by atoms with E-state index in [1.165, 1.54) is 38.5 Å². The lowest BCUT2D eigenvalue weighted by molar-refractivity contribution is -0.109. The van der Waals surface area contributed by atoms with Crippen molar-refractivity contribution in [3.63, 3.8) is 0 Å². The van der Waals surface area contributed by atoms with Gasteiger partial charge in [0.1, 0.15) is 0 Å². The summed E-state index contributed by atoms with van der Waals surface area (Å²) in [7, 11) is 0. The predicted molar refractivity (Wildman–Crippen MR) is 45.3 cm³/mol. The number of hydrogen-bond acceptors (Lipinski definition) is 1. The van der Waals surface area contributed by atoms with E-state index >= 15 is 0 Å². The monoisotopic (exact) mass is 155 g/mol. The van der Waals surface area contributed by atoms with Gasteiger partial charge < -0.3 is 5.32 Å². The minimum atomic E-state index is 0.794. The minimum Gasteiger partial charge on any atom is -0.359 e. The van der Waals surface area contributed by atoms with Crippen molar-refractivity contribution in [2.24, 2.45) is 5.92 Å². The Hall–Kier alpha value is -0.530. The Balaban J connectivity index is 2.00. The van der Waals surface area contributed by atoms with Crippen LogP contribution < -0.4 is 5.32 Å². The molecule has 2 heteroatoms. The Morgan fingerprint density at radius 2 is 2.00 bits per heavy atom. The number of nitrogens with one attached hydrogen (secondary N) is 1. The topological polar surface area (TPSA) is 29.1 Å². The van der Waals surface area contributed by atoms with Crippen LogP contribution in [0.25, 0.3) is 0 Å². The van der Waals surface area contributed by atoms with Gasteiger partial charge in [-0.1, -0.05) is 32.1 Å². The molecule has 0 aromatic carbocycles. The lowest BCUT2D eigenvalue weighted by Gasteiger charge is -2.20. The third-order valence-electron chi connectivity index (χ3n) is 2.51. The summed E-state index contributed by atoms with van der Waals surface area (Å²) in [5.74, 6) is 0.885. The van der Waals surface area contributed by atoms with Crippen LogP contribution in [0.5, 0.6) is 0 Å². The first-order chi connectivity index (χ1) is 5.43. The van der Waals surface area contributed by atoms with Gasteiger partial charge in [0.2, 0.25) is 6.41 Å². The highest BCUT2D eigenvalue weighted by atomic mass is 16.1. The molecule has 1 aliphatic carbocycles. The van der Waals surface area contributed by atoms with Gasteiger partial charge in [0, 0.05) is 6.54 Å². The number of amides is 1. The molecule has 0 aromatic heterocycles. The molecule has 0 heterocycles. The highest BCUT2D eigenvalue weighted by molar-refractivity contribution is 5.45. The van der Waals surface area contributed by atoms with Gasteiger partial charge in [-0.2, -0.15) is 0 Å². The summed E-state index contributed by atoms with van der Waals surface area (Å²) in [6.07, 6.45) is 8.93. The van der Waals surface area contributed by atoms with Crippen LogP contribution in [0, 0.1) is 5.92 Å². The highest BCUT2D eigenvalue weighted by Gasteiger charge is 2.11. The summed E-state index contributed by atoms with van der Waals surface area (Å²) in [5.41, 5.74) is 0. The van der Waals surface area contributed by atoms with Crippen molar-refractivity contribution in [1.82, 2.24) is 5.32 Å². The SMILES string of the molecule is O=CNCCC1CCCCC1. The second-order valence-corrected chi connectivity index (χ2v) is 3.36. The van der Waals surface area contributed by atoms with Gasteiger partial charge in [-0.05, 0) is 12.3 Å². The van der Waals surface area contributed by atoms with E-state index in [9.17, 15) is 4.79 Å². The first-order valence-corrected chi connectivity index (χ1v) is 4.60. The second kappa shape index (κ2) is 5.16. The fourth-order valence-electron chi connectivity index (χ4n) is 1.82. The van der Waals surface area contributed by atoms with Gasteiger partial charge in [-0.25, -0.2) is 0 Å². The van der Waals surface area contributed by atoms with E-state index < -0.39 is 0 Å². The number of rotatable bonds is 4. The maximum Gasteiger partial charge on any atom is 0.207 e. The molecule has 0 unspecified atom stereocenters. The van der Waals surface area contributed by atoms with Gasteiger partial charge in [0.05, 0.1) is 0 Å². The smallest absolute Gasteiger partial charge is 0.207 e. The van der Waals surface area contributed by atoms with E-state index in [2.05, 4.69) is 5.32 Å². The standard InChI is InChI=1S/C9H17NO/c11-8-10-7-6-9-4-2-1-3-5-9/h8-9H,1-7H2,(H,10,11). The summed E-state index contributed by atoms with van der Waals surface area (Å²) in [6.45, 7) is 0.869. The summed E-state index contributed by atoms with van der Waals surface area (Å²) in [5, 5.41) is 2.71. The molecule has 0 bridgehead atoms. The molecule has 1 aliphatic rings. The van der Waals surface area contributed by atoms with Crippen LogP contribution in [-0.4, -0.2) is 13.0 Å². The molecule has 64 valence electrons. The first-order valence-electron chi connectivity index (χ1n) is 4.60. The van der Waals surface area contributed by atoms with Crippen LogP contribution in [0.1, 0.15) is 38.5 Å². The normalized spacial score (nSPS) is 19.6. The molecule has 0 aromatic rings. The zero-order chi connectivity index (χ0) is 7.94. The minimum absolute atomic E-state index is 0.794. The van der Waals surface area contributed by atoms with Crippen LogP contribution in [0.15, 0.2) is 0 Å². The number of hydrogen-bond donors (Lipinski definition) is 1. The van der Waals surface area contributed by atoms with Crippen LogP contribution in [-0.2, 0) is 4.79 Å². The van der Waals surface area contributed by atoms with Crippen molar-refractivity contribution < 1.29 is 4.79 Å². The molecule has 0 saturated heterocycles. The van der Waals surface area contributed by atoms with Gasteiger partial charge in [0.25, 0.3) is 0 Å². The van der Waals surface area contributed by atoms with Crippen molar-refractivity contribution in [2.75, 3.05) is 6.54 Å². The van der Waals surface area contributed by atoms with Crippen LogP contribution in [0.2, 0.25) is 0 Å². The molecule has 1 saturated carbocycles. The van der Waals surface area contributed by atoms with Gasteiger partial charge in [-0.15, -0.1) is 0 Å². The molecular formula is C9H17NO. The quantitative estimate of drug-likeness (QED) is 0.486. The molecular weight excluding hydrogens is 138 g/mol. The Morgan fingerprint density at radius 3 is 2.64 bits per heavy atom. The third-order valence-corrected chi connectivity index (χ3v) is 2.51. The molecule has 1 N–H and O–H groups in total. The Kier molecular flexibility index (Phi) is 4.02.